The maximum atomic E-state index is 13.7. The van der Waals surface area contributed by atoms with E-state index in [0.29, 0.717) is 5.57 Å². The highest BCUT2D eigenvalue weighted by Gasteiger charge is 2.36. The minimum Gasteiger partial charge on any atom is -0.459 e. The fourth-order valence-electron chi connectivity index (χ4n) is 4.74. The van der Waals surface area contributed by atoms with Gasteiger partial charge in [0.25, 0.3) is 0 Å². The summed E-state index contributed by atoms with van der Waals surface area (Å²) in [6.07, 6.45) is 4.60. The lowest BCUT2D eigenvalue weighted by Gasteiger charge is -2.39. The molecule has 1 rings (SSSR count). The van der Waals surface area contributed by atoms with Gasteiger partial charge in [-0.25, -0.2) is 0 Å². The Morgan fingerprint density at radius 1 is 1.03 bits per heavy atom. The van der Waals surface area contributed by atoms with Gasteiger partial charge in [-0.3, -0.25) is 24.1 Å². The molecule has 1 unspecified atom stereocenters. The summed E-state index contributed by atoms with van der Waals surface area (Å²) in [6, 6.07) is -1.05. The monoisotopic (exact) mass is 536 g/mol. The fourth-order valence-corrected chi connectivity index (χ4v) is 4.74. The molecule has 0 spiro atoms. The van der Waals surface area contributed by atoms with Crippen LogP contribution in [0.15, 0.2) is 11.6 Å². The van der Waals surface area contributed by atoms with Gasteiger partial charge >= 0.3 is 5.97 Å². The van der Waals surface area contributed by atoms with E-state index in [9.17, 15) is 19.2 Å². The third kappa shape index (κ3) is 10.4. The number of hydrogen-bond acceptors (Lipinski definition) is 6. The molecule has 3 amide bonds. The second-order valence-corrected chi connectivity index (χ2v) is 12.4. The number of ether oxygens (including phenoxy) is 1. The number of carbonyl (C=O) groups is 4. The van der Waals surface area contributed by atoms with Gasteiger partial charge in [0, 0.05) is 18.7 Å². The summed E-state index contributed by atoms with van der Waals surface area (Å²) in [5, 5.41) is 5.64. The van der Waals surface area contributed by atoms with Crippen molar-refractivity contribution in [3.63, 3.8) is 0 Å². The van der Waals surface area contributed by atoms with Crippen LogP contribution in [0.5, 0.6) is 0 Å². The van der Waals surface area contributed by atoms with Gasteiger partial charge in [0.2, 0.25) is 17.7 Å². The summed E-state index contributed by atoms with van der Waals surface area (Å²) in [5.41, 5.74) is -0.239. The van der Waals surface area contributed by atoms with Gasteiger partial charge in [-0.05, 0) is 72.8 Å². The molecule has 0 aromatic heterocycles. The first-order chi connectivity index (χ1) is 17.5. The van der Waals surface area contributed by atoms with E-state index in [0.717, 1.165) is 25.8 Å². The predicted molar refractivity (Wildman–Crippen MR) is 150 cm³/mol. The average Bonchev–Trinajstić information content (AvgIpc) is 2.81. The first-order valence-electron chi connectivity index (χ1n) is 14.0. The van der Waals surface area contributed by atoms with E-state index in [1.165, 1.54) is 0 Å². The summed E-state index contributed by atoms with van der Waals surface area (Å²) in [5.74, 6) is -1.32. The van der Waals surface area contributed by atoms with Gasteiger partial charge in [0.05, 0.1) is 12.1 Å². The summed E-state index contributed by atoms with van der Waals surface area (Å²) in [6.45, 7) is 19.6. The number of piperidine rings is 1. The molecule has 3 atom stereocenters. The predicted octanol–water partition coefficient (Wildman–Crippen LogP) is 3.28. The maximum Gasteiger partial charge on any atom is 0.325 e. The molecule has 9 heteroatoms. The van der Waals surface area contributed by atoms with Crippen LogP contribution < -0.4 is 10.6 Å². The van der Waals surface area contributed by atoms with E-state index in [1.54, 1.807) is 45.7 Å². The summed E-state index contributed by atoms with van der Waals surface area (Å²) < 4.78 is 5.24. The molecule has 218 valence electrons. The van der Waals surface area contributed by atoms with Crippen LogP contribution in [0.25, 0.3) is 0 Å². The zero-order chi connectivity index (χ0) is 29.4. The second kappa shape index (κ2) is 14.7. The molecule has 0 radical (unpaired) electrons. The Hall–Kier alpha value is -2.42. The van der Waals surface area contributed by atoms with Crippen molar-refractivity contribution in [1.29, 1.82) is 0 Å². The van der Waals surface area contributed by atoms with Crippen LogP contribution in [0.3, 0.4) is 0 Å². The first kappa shape index (κ1) is 33.6. The molecule has 0 bridgehead atoms. The van der Waals surface area contributed by atoms with Crippen molar-refractivity contribution in [2.75, 3.05) is 20.1 Å². The Bertz CT molecular complexity index is 860. The molecular formula is C29H52N4O5. The zero-order valence-corrected chi connectivity index (χ0v) is 25.5. The number of likely N-dealkylation sites (N-methyl/N-ethyl adjacent to an activating group) is 1. The Kier molecular flexibility index (Phi) is 13.0. The molecule has 1 fully saturated rings. The second-order valence-electron chi connectivity index (χ2n) is 12.4. The van der Waals surface area contributed by atoms with Crippen LogP contribution in [0.1, 0.15) is 88.5 Å². The third-order valence-electron chi connectivity index (χ3n) is 6.81. The van der Waals surface area contributed by atoms with Crippen LogP contribution in [-0.4, -0.2) is 83.4 Å². The summed E-state index contributed by atoms with van der Waals surface area (Å²) in [4.78, 5) is 55.4. The van der Waals surface area contributed by atoms with Crippen LogP contribution in [0, 0.1) is 11.8 Å². The van der Waals surface area contributed by atoms with Crippen LogP contribution in [-0.2, 0) is 23.9 Å². The molecule has 1 aliphatic rings. The molecule has 0 aliphatic carbocycles. The van der Waals surface area contributed by atoms with Crippen molar-refractivity contribution in [2.24, 2.45) is 11.8 Å². The highest BCUT2D eigenvalue weighted by molar-refractivity contribution is 5.95. The highest BCUT2D eigenvalue weighted by Crippen LogP contribution is 2.21. The molecule has 1 saturated heterocycles. The minimum atomic E-state index is -0.681. The summed E-state index contributed by atoms with van der Waals surface area (Å²) >= 11 is 0. The lowest BCUT2D eigenvalue weighted by Crippen LogP contribution is -2.58. The molecule has 9 nitrogen and oxygen atoms in total. The standard InChI is InChI=1S/C29H52N4O5/c1-18(2)23(16-21(7)26(35)30-17-24(34)38-29(8,9)10)32(11)28(37)25(19(3)4)31-27(36)22-14-12-13-15-33(22)20(5)6/h16,18-20,22-23,25H,12-15,17H2,1-11H3,(H,30,35)(H,31,36)/t22?,23-,25+/m1/s1. The first-order valence-corrected chi connectivity index (χ1v) is 14.0. The van der Waals surface area contributed by atoms with Gasteiger partial charge in [-0.2, -0.15) is 0 Å². The Morgan fingerprint density at radius 3 is 2.13 bits per heavy atom. The van der Waals surface area contributed by atoms with Crippen molar-refractivity contribution in [3.05, 3.63) is 11.6 Å². The smallest absolute Gasteiger partial charge is 0.325 e. The molecule has 1 aliphatic heterocycles. The van der Waals surface area contributed by atoms with Crippen molar-refractivity contribution in [2.45, 2.75) is 118 Å². The maximum absolute atomic E-state index is 13.7. The van der Waals surface area contributed by atoms with E-state index in [1.807, 2.05) is 27.7 Å². The van der Waals surface area contributed by atoms with E-state index < -0.39 is 23.5 Å². The van der Waals surface area contributed by atoms with Gasteiger partial charge in [-0.1, -0.05) is 40.2 Å². The Morgan fingerprint density at radius 2 is 1.63 bits per heavy atom. The fraction of sp³-hybridized carbons (Fsp3) is 0.793. The van der Waals surface area contributed by atoms with Gasteiger partial charge in [0.15, 0.2) is 0 Å². The number of nitrogens with zero attached hydrogens (tertiary/aromatic N) is 2. The molecule has 38 heavy (non-hydrogen) atoms. The van der Waals surface area contributed by atoms with E-state index >= 15 is 0 Å². The lowest BCUT2D eigenvalue weighted by molar-refractivity contribution is -0.154. The number of hydrogen-bond donors (Lipinski definition) is 2. The average molecular weight is 537 g/mol. The minimum absolute atomic E-state index is 0.0100. The number of amides is 3. The number of rotatable bonds is 11. The summed E-state index contributed by atoms with van der Waals surface area (Å²) in [7, 11) is 1.71. The van der Waals surface area contributed by atoms with Crippen LogP contribution in [0.2, 0.25) is 0 Å². The van der Waals surface area contributed by atoms with Crippen molar-refractivity contribution in [1.82, 2.24) is 20.4 Å². The van der Waals surface area contributed by atoms with E-state index in [4.69, 9.17) is 4.74 Å². The normalized spacial score (nSPS) is 18.8. The molecule has 0 aromatic carbocycles. The topological polar surface area (TPSA) is 108 Å². The van der Waals surface area contributed by atoms with Crippen LogP contribution >= 0.6 is 0 Å². The molecular weight excluding hydrogens is 484 g/mol. The van der Waals surface area contributed by atoms with E-state index in [2.05, 4.69) is 29.4 Å². The molecule has 0 saturated carbocycles. The van der Waals surface area contributed by atoms with Gasteiger partial charge < -0.3 is 20.3 Å². The Labute approximate surface area is 230 Å². The molecule has 2 N–H and O–H groups in total. The number of nitrogens with one attached hydrogen (secondary N) is 2. The number of esters is 1. The third-order valence-corrected chi connectivity index (χ3v) is 6.81. The quantitative estimate of drug-likeness (QED) is 0.310. The zero-order valence-electron chi connectivity index (χ0n) is 25.5. The number of likely N-dealkylation sites (tertiary alicyclic amines) is 1. The van der Waals surface area contributed by atoms with Gasteiger partial charge in [-0.15, -0.1) is 0 Å². The lowest BCUT2D eigenvalue weighted by atomic mass is 9.95. The van der Waals surface area contributed by atoms with Crippen molar-refractivity contribution >= 4 is 23.7 Å². The molecule has 1 heterocycles. The largest absolute Gasteiger partial charge is 0.459 e. The van der Waals surface area contributed by atoms with Gasteiger partial charge in [0.1, 0.15) is 18.2 Å². The Balaban J connectivity index is 2.99. The van der Waals surface area contributed by atoms with Crippen molar-refractivity contribution < 1.29 is 23.9 Å². The number of carbonyl (C=O) groups excluding carboxylic acids is 4. The highest BCUT2D eigenvalue weighted by atomic mass is 16.6. The van der Waals surface area contributed by atoms with E-state index in [-0.39, 0.29) is 48.3 Å². The van der Waals surface area contributed by atoms with Crippen LogP contribution in [0.4, 0.5) is 0 Å². The molecule has 0 aromatic rings. The van der Waals surface area contributed by atoms with Crippen molar-refractivity contribution in [3.8, 4) is 0 Å². The SMILES string of the molecule is CC(=C[C@H](C(C)C)N(C)C(=O)[C@@H](NC(=O)C1CCCCN1C(C)C)C(C)C)C(=O)NCC(=O)OC(C)(C)C.